The van der Waals surface area contributed by atoms with Crippen LogP contribution in [0, 0.1) is 0 Å². The van der Waals surface area contributed by atoms with Crippen LogP contribution in [0.3, 0.4) is 0 Å². The van der Waals surface area contributed by atoms with Gasteiger partial charge in [0, 0.05) is 33.3 Å². The maximum atomic E-state index is 11.0. The van der Waals surface area contributed by atoms with Crippen LogP contribution in [-0.2, 0) is 9.53 Å². The summed E-state index contributed by atoms with van der Waals surface area (Å²) in [6.07, 6.45) is 0. The Balaban J connectivity index is 2.49. The number of carboxylic acid groups (broad SMARTS) is 1. The van der Waals surface area contributed by atoms with Gasteiger partial charge in [-0.05, 0) is 7.05 Å². The molecule has 0 aromatic carbocycles. The fourth-order valence-corrected chi connectivity index (χ4v) is 1.67. The summed E-state index contributed by atoms with van der Waals surface area (Å²) < 4.78 is 4.95. The molecule has 5 heteroatoms. The van der Waals surface area contributed by atoms with Gasteiger partial charge in [-0.25, -0.2) is 0 Å². The molecule has 1 saturated heterocycles. The van der Waals surface area contributed by atoms with Gasteiger partial charge in [-0.15, -0.1) is 0 Å². The molecule has 1 rings (SSSR count). The minimum absolute atomic E-state index is 0.385. The molecule has 1 unspecified atom stereocenters. The van der Waals surface area contributed by atoms with Crippen molar-refractivity contribution in [2.45, 2.75) is 6.04 Å². The summed E-state index contributed by atoms with van der Waals surface area (Å²) in [6, 6.07) is -0.385. The zero-order chi connectivity index (χ0) is 10.6. The molecule has 0 aliphatic carbocycles. The Morgan fingerprint density at radius 2 is 2.29 bits per heavy atom. The first-order valence-electron chi connectivity index (χ1n) is 4.79. The first-order valence-corrected chi connectivity index (χ1v) is 4.79. The highest BCUT2D eigenvalue weighted by Crippen LogP contribution is 2.08. The molecule has 1 heterocycles. The lowest BCUT2D eigenvalue weighted by molar-refractivity contribution is -0.145. The van der Waals surface area contributed by atoms with Crippen LogP contribution in [-0.4, -0.2) is 73.9 Å². The number of carboxylic acids is 1. The maximum absolute atomic E-state index is 11.0. The van der Waals surface area contributed by atoms with Gasteiger partial charge in [-0.2, -0.15) is 0 Å². The summed E-state index contributed by atoms with van der Waals surface area (Å²) in [7, 11) is 3.58. The van der Waals surface area contributed by atoms with Crippen LogP contribution in [0.25, 0.3) is 0 Å². The van der Waals surface area contributed by atoms with Crippen LogP contribution in [0.15, 0.2) is 0 Å². The van der Waals surface area contributed by atoms with Gasteiger partial charge in [0.05, 0.1) is 6.61 Å². The van der Waals surface area contributed by atoms with E-state index in [1.54, 1.807) is 7.11 Å². The predicted octanol–water partition coefficient (Wildman–Crippen LogP) is -0.667. The number of carbonyl (C=O) groups is 1. The first kappa shape index (κ1) is 11.4. The van der Waals surface area contributed by atoms with Gasteiger partial charge in [-0.3, -0.25) is 9.69 Å². The third-order valence-electron chi connectivity index (χ3n) is 2.56. The third kappa shape index (κ3) is 2.94. The van der Waals surface area contributed by atoms with Gasteiger partial charge in [-0.1, -0.05) is 0 Å². The van der Waals surface area contributed by atoms with E-state index in [0.717, 1.165) is 13.1 Å². The van der Waals surface area contributed by atoms with Crippen molar-refractivity contribution in [1.29, 1.82) is 0 Å². The van der Waals surface area contributed by atoms with E-state index in [1.807, 2.05) is 16.8 Å². The molecular formula is C9H18N2O3. The highest BCUT2D eigenvalue weighted by Gasteiger charge is 2.30. The molecule has 0 radical (unpaired) electrons. The van der Waals surface area contributed by atoms with Crippen molar-refractivity contribution >= 4 is 5.97 Å². The summed E-state index contributed by atoms with van der Waals surface area (Å²) in [6.45, 7) is 3.61. The van der Waals surface area contributed by atoms with E-state index in [4.69, 9.17) is 9.84 Å². The van der Waals surface area contributed by atoms with Crippen molar-refractivity contribution < 1.29 is 14.6 Å². The van der Waals surface area contributed by atoms with Crippen LogP contribution in [0.5, 0.6) is 0 Å². The van der Waals surface area contributed by atoms with E-state index in [9.17, 15) is 4.79 Å². The maximum Gasteiger partial charge on any atom is 0.322 e. The molecule has 82 valence electrons. The van der Waals surface area contributed by atoms with Gasteiger partial charge >= 0.3 is 5.97 Å². The summed E-state index contributed by atoms with van der Waals surface area (Å²) in [5.41, 5.74) is 0. The Kier molecular flexibility index (Phi) is 4.31. The van der Waals surface area contributed by atoms with Crippen LogP contribution in [0.1, 0.15) is 0 Å². The van der Waals surface area contributed by atoms with E-state index in [-0.39, 0.29) is 6.04 Å². The first-order chi connectivity index (χ1) is 6.65. The Morgan fingerprint density at radius 1 is 1.57 bits per heavy atom. The Labute approximate surface area is 84.2 Å². The van der Waals surface area contributed by atoms with Crippen LogP contribution in [0.2, 0.25) is 0 Å². The highest BCUT2D eigenvalue weighted by molar-refractivity contribution is 5.73. The van der Waals surface area contributed by atoms with E-state index >= 15 is 0 Å². The van der Waals surface area contributed by atoms with Crippen LogP contribution >= 0.6 is 0 Å². The summed E-state index contributed by atoms with van der Waals surface area (Å²) in [5.74, 6) is -0.743. The number of methoxy groups -OCH3 is 1. The highest BCUT2D eigenvalue weighted by atomic mass is 16.5. The van der Waals surface area contributed by atoms with Crippen LogP contribution < -0.4 is 0 Å². The smallest absolute Gasteiger partial charge is 0.322 e. The average molecular weight is 202 g/mol. The lowest BCUT2D eigenvalue weighted by Gasteiger charge is -2.37. The molecule has 0 saturated carbocycles. The quantitative estimate of drug-likeness (QED) is 0.655. The molecular weight excluding hydrogens is 184 g/mol. The number of hydrogen-bond acceptors (Lipinski definition) is 4. The van der Waals surface area contributed by atoms with E-state index < -0.39 is 5.97 Å². The largest absolute Gasteiger partial charge is 0.480 e. The zero-order valence-electron chi connectivity index (χ0n) is 8.77. The summed E-state index contributed by atoms with van der Waals surface area (Å²) in [4.78, 5) is 15.0. The van der Waals surface area contributed by atoms with E-state index in [1.165, 1.54) is 0 Å². The number of nitrogens with zero attached hydrogens (tertiary/aromatic N) is 2. The fourth-order valence-electron chi connectivity index (χ4n) is 1.67. The van der Waals surface area contributed by atoms with Crippen molar-refractivity contribution in [3.8, 4) is 0 Å². The Bertz CT molecular complexity index is 196. The number of ether oxygens (including phenoxy) is 1. The van der Waals surface area contributed by atoms with Gasteiger partial charge in [0.25, 0.3) is 0 Å². The van der Waals surface area contributed by atoms with Crippen molar-refractivity contribution in [2.75, 3.05) is 46.9 Å². The molecule has 1 aliphatic heterocycles. The van der Waals surface area contributed by atoms with Crippen LogP contribution in [0.4, 0.5) is 0 Å². The van der Waals surface area contributed by atoms with E-state index in [2.05, 4.69) is 0 Å². The molecule has 5 nitrogen and oxygen atoms in total. The van der Waals surface area contributed by atoms with Crippen molar-refractivity contribution in [3.05, 3.63) is 0 Å². The second kappa shape index (κ2) is 5.29. The molecule has 0 bridgehead atoms. The minimum Gasteiger partial charge on any atom is -0.480 e. The normalized spacial score (nSPS) is 25.1. The number of rotatable bonds is 4. The molecule has 1 N–H and O–H groups in total. The topological polar surface area (TPSA) is 53.0 Å². The predicted molar refractivity (Wildman–Crippen MR) is 52.4 cm³/mol. The Hall–Kier alpha value is -0.650. The van der Waals surface area contributed by atoms with Crippen molar-refractivity contribution in [3.63, 3.8) is 0 Å². The molecule has 1 aliphatic rings. The molecule has 0 amide bonds. The van der Waals surface area contributed by atoms with Crippen molar-refractivity contribution in [2.24, 2.45) is 0 Å². The SMILES string of the molecule is COCCN1CCN(C)CC1C(=O)O. The minimum atomic E-state index is -0.743. The zero-order valence-corrected chi connectivity index (χ0v) is 8.77. The number of hydrogen-bond donors (Lipinski definition) is 1. The lowest BCUT2D eigenvalue weighted by atomic mass is 10.2. The molecule has 14 heavy (non-hydrogen) atoms. The fraction of sp³-hybridized carbons (Fsp3) is 0.889. The van der Waals surface area contributed by atoms with Gasteiger partial charge < -0.3 is 14.7 Å². The second-order valence-corrected chi connectivity index (χ2v) is 3.65. The molecule has 0 aromatic rings. The second-order valence-electron chi connectivity index (χ2n) is 3.65. The average Bonchev–Trinajstić information content (AvgIpc) is 2.15. The number of aliphatic carboxylic acids is 1. The molecule has 0 aromatic heterocycles. The van der Waals surface area contributed by atoms with Gasteiger partial charge in [0.15, 0.2) is 0 Å². The van der Waals surface area contributed by atoms with Gasteiger partial charge in [0.1, 0.15) is 6.04 Å². The monoisotopic (exact) mass is 202 g/mol. The molecule has 1 fully saturated rings. The van der Waals surface area contributed by atoms with E-state index in [0.29, 0.717) is 19.7 Å². The summed E-state index contributed by atoms with van der Waals surface area (Å²) >= 11 is 0. The van der Waals surface area contributed by atoms with Crippen molar-refractivity contribution in [1.82, 2.24) is 9.80 Å². The lowest BCUT2D eigenvalue weighted by Crippen LogP contribution is -2.55. The standard InChI is InChI=1S/C9H18N2O3/c1-10-3-4-11(5-6-14-2)8(7-10)9(12)13/h8H,3-7H2,1-2H3,(H,12,13). The Morgan fingerprint density at radius 3 is 2.86 bits per heavy atom. The molecule has 1 atom stereocenters. The third-order valence-corrected chi connectivity index (χ3v) is 2.56. The van der Waals surface area contributed by atoms with Gasteiger partial charge in [0.2, 0.25) is 0 Å². The number of piperazine rings is 1. The number of likely N-dealkylation sites (N-methyl/N-ethyl adjacent to an activating group) is 1. The molecule has 0 spiro atoms. The summed E-state index contributed by atoms with van der Waals surface area (Å²) in [5, 5.41) is 9.02.